The number of hydrogen-bond donors (Lipinski definition) is 2. The van der Waals surface area contributed by atoms with Crippen molar-refractivity contribution in [2.24, 2.45) is 0 Å². The van der Waals surface area contributed by atoms with Crippen LogP contribution in [0.5, 0.6) is 0 Å². The number of halogens is 3. The molecule has 2 N–H and O–H groups in total. The van der Waals surface area contributed by atoms with Gasteiger partial charge in [-0.2, -0.15) is 13.2 Å². The minimum absolute atomic E-state index is 0.112. The van der Waals surface area contributed by atoms with E-state index in [2.05, 4.69) is 5.32 Å². The van der Waals surface area contributed by atoms with Crippen molar-refractivity contribution >= 4 is 17.7 Å². The highest BCUT2D eigenvalue weighted by Crippen LogP contribution is 2.30. The number of ether oxygens (including phenoxy) is 1. The molecule has 1 atom stereocenters. The lowest BCUT2D eigenvalue weighted by molar-refractivity contribution is -0.917. The fourth-order valence-corrected chi connectivity index (χ4v) is 2.83. The van der Waals surface area contributed by atoms with Crippen LogP contribution in [0.25, 0.3) is 0 Å². The van der Waals surface area contributed by atoms with Gasteiger partial charge in [-0.3, -0.25) is 9.69 Å². The number of nitrogens with one attached hydrogen (secondary N) is 2. The Balaban J connectivity index is 1.91. The molecule has 1 aliphatic rings. The molecule has 1 heterocycles. The predicted octanol–water partition coefficient (Wildman–Crippen LogP) is 1.39. The number of nitrogens with zero attached hydrogens (tertiary/aromatic N) is 1. The summed E-state index contributed by atoms with van der Waals surface area (Å²) in [6, 6.07) is 4.11. The van der Waals surface area contributed by atoms with Gasteiger partial charge < -0.3 is 15.0 Å². The minimum atomic E-state index is -4.46. The number of amides is 2. The van der Waals surface area contributed by atoms with Gasteiger partial charge in [0.1, 0.15) is 0 Å². The van der Waals surface area contributed by atoms with Crippen LogP contribution in [0, 0.1) is 0 Å². The Morgan fingerprint density at radius 2 is 1.96 bits per heavy atom. The Hall–Kier alpha value is -2.29. The van der Waals surface area contributed by atoms with Crippen molar-refractivity contribution in [1.29, 1.82) is 0 Å². The Kier molecular flexibility index (Phi) is 6.47. The highest BCUT2D eigenvalue weighted by molar-refractivity contribution is 5.93. The summed E-state index contributed by atoms with van der Waals surface area (Å²) in [5.41, 5.74) is -0.695. The average Bonchev–Trinajstić information content (AvgIpc) is 2.61. The van der Waals surface area contributed by atoms with Gasteiger partial charge in [0.05, 0.1) is 38.3 Å². The van der Waals surface area contributed by atoms with Gasteiger partial charge in [-0.05, 0) is 32.0 Å². The molecule has 1 aromatic rings. The maximum absolute atomic E-state index is 12.8. The summed E-state index contributed by atoms with van der Waals surface area (Å²) in [5.74, 6) is -0.357. The normalized spacial score (nSPS) is 16.9. The third-order valence-electron chi connectivity index (χ3n) is 4.39. The smallest absolute Gasteiger partial charge is 0.416 e. The summed E-state index contributed by atoms with van der Waals surface area (Å²) < 4.78 is 43.2. The second-order valence-corrected chi connectivity index (χ2v) is 6.13. The fraction of sp³-hybridized carbons (Fsp3) is 0.529. The molecule has 0 spiro atoms. The van der Waals surface area contributed by atoms with Crippen LogP contribution in [0.1, 0.15) is 19.4 Å². The summed E-state index contributed by atoms with van der Waals surface area (Å²) in [5, 5.41) is 2.54. The van der Waals surface area contributed by atoms with E-state index in [9.17, 15) is 22.8 Å². The van der Waals surface area contributed by atoms with Gasteiger partial charge >= 0.3 is 12.3 Å². The van der Waals surface area contributed by atoms with Crippen LogP contribution in [0.3, 0.4) is 0 Å². The number of benzene rings is 1. The number of piperazine rings is 1. The molecule has 9 heteroatoms. The predicted molar refractivity (Wildman–Crippen MR) is 88.8 cm³/mol. The Labute approximate surface area is 149 Å². The quantitative estimate of drug-likeness (QED) is 0.837. The van der Waals surface area contributed by atoms with E-state index in [0.717, 1.165) is 17.0 Å². The van der Waals surface area contributed by atoms with Crippen molar-refractivity contribution in [3.8, 4) is 0 Å². The van der Waals surface area contributed by atoms with E-state index >= 15 is 0 Å². The van der Waals surface area contributed by atoms with Gasteiger partial charge in [0.15, 0.2) is 6.04 Å². The SMILES string of the molecule is CCOC(=O)N1CC[NH+]([C@H](C)C(=O)Nc2cccc(C(F)(F)F)c2)CC1. The van der Waals surface area contributed by atoms with Crippen molar-refractivity contribution in [3.63, 3.8) is 0 Å². The van der Waals surface area contributed by atoms with Gasteiger partial charge in [-0.25, -0.2) is 4.79 Å². The van der Waals surface area contributed by atoms with Crippen molar-refractivity contribution in [2.45, 2.75) is 26.1 Å². The number of carbonyl (C=O) groups excluding carboxylic acids is 2. The molecule has 2 rings (SSSR count). The van der Waals surface area contributed by atoms with Crippen LogP contribution in [-0.2, 0) is 15.7 Å². The minimum Gasteiger partial charge on any atom is -0.450 e. The Morgan fingerprint density at radius 3 is 2.54 bits per heavy atom. The summed E-state index contributed by atoms with van der Waals surface area (Å²) >= 11 is 0. The first-order valence-electron chi connectivity index (χ1n) is 8.46. The molecule has 1 aromatic carbocycles. The van der Waals surface area contributed by atoms with Crippen LogP contribution in [0.4, 0.5) is 23.7 Å². The largest absolute Gasteiger partial charge is 0.450 e. The van der Waals surface area contributed by atoms with Crippen molar-refractivity contribution in [1.82, 2.24) is 4.90 Å². The second kappa shape index (κ2) is 8.39. The van der Waals surface area contributed by atoms with Crippen molar-refractivity contribution in [3.05, 3.63) is 29.8 Å². The molecule has 0 unspecified atom stereocenters. The topological polar surface area (TPSA) is 63.1 Å². The number of quaternary nitrogens is 1. The highest BCUT2D eigenvalue weighted by atomic mass is 19.4. The first-order valence-corrected chi connectivity index (χ1v) is 8.46. The van der Waals surface area contributed by atoms with Crippen LogP contribution in [-0.4, -0.2) is 55.7 Å². The number of anilines is 1. The lowest BCUT2D eigenvalue weighted by Crippen LogP contribution is -3.19. The van der Waals surface area contributed by atoms with E-state index in [1.54, 1.807) is 18.7 Å². The Morgan fingerprint density at radius 1 is 1.31 bits per heavy atom. The number of alkyl halides is 3. The molecule has 0 aromatic heterocycles. The maximum atomic E-state index is 12.8. The number of hydrogen-bond acceptors (Lipinski definition) is 3. The summed E-state index contributed by atoms with van der Waals surface area (Å²) in [6.07, 6.45) is -4.83. The van der Waals surface area contributed by atoms with Gasteiger partial charge in [-0.15, -0.1) is 0 Å². The van der Waals surface area contributed by atoms with E-state index in [-0.39, 0.29) is 17.7 Å². The van der Waals surface area contributed by atoms with E-state index < -0.39 is 17.8 Å². The van der Waals surface area contributed by atoms with Gasteiger partial charge in [0.25, 0.3) is 5.91 Å². The molecule has 1 aliphatic heterocycles. The summed E-state index contributed by atoms with van der Waals surface area (Å²) in [4.78, 5) is 26.6. The summed E-state index contributed by atoms with van der Waals surface area (Å²) in [7, 11) is 0. The molecule has 1 fully saturated rings. The molecule has 1 saturated heterocycles. The zero-order chi connectivity index (χ0) is 19.3. The Bertz CT molecular complexity index is 644. The van der Waals surface area contributed by atoms with Crippen molar-refractivity contribution in [2.75, 3.05) is 38.1 Å². The van der Waals surface area contributed by atoms with Crippen molar-refractivity contribution < 1.29 is 32.4 Å². The molecular weight excluding hydrogens is 351 g/mol. The van der Waals surface area contributed by atoms with E-state index in [1.165, 1.54) is 12.1 Å². The van der Waals surface area contributed by atoms with Gasteiger partial charge in [0.2, 0.25) is 0 Å². The molecule has 0 aliphatic carbocycles. The van der Waals surface area contributed by atoms with E-state index in [1.807, 2.05) is 0 Å². The zero-order valence-corrected chi connectivity index (χ0v) is 14.7. The third-order valence-corrected chi connectivity index (χ3v) is 4.39. The average molecular weight is 374 g/mol. The fourth-order valence-electron chi connectivity index (χ4n) is 2.83. The zero-order valence-electron chi connectivity index (χ0n) is 14.7. The molecule has 6 nitrogen and oxygen atoms in total. The van der Waals surface area contributed by atoms with Crippen LogP contribution in [0.15, 0.2) is 24.3 Å². The van der Waals surface area contributed by atoms with Crippen LogP contribution >= 0.6 is 0 Å². The lowest BCUT2D eigenvalue weighted by atomic mass is 10.1. The van der Waals surface area contributed by atoms with Crippen LogP contribution < -0.4 is 10.2 Å². The monoisotopic (exact) mass is 374 g/mol. The van der Waals surface area contributed by atoms with Gasteiger partial charge in [-0.1, -0.05) is 6.07 Å². The van der Waals surface area contributed by atoms with E-state index in [0.29, 0.717) is 32.8 Å². The first-order chi connectivity index (χ1) is 12.2. The molecular formula is C17H23F3N3O3+. The van der Waals surface area contributed by atoms with Gasteiger partial charge in [0, 0.05) is 5.69 Å². The molecule has 144 valence electrons. The molecule has 2 amide bonds. The third kappa shape index (κ3) is 5.10. The molecule has 0 radical (unpaired) electrons. The second-order valence-electron chi connectivity index (χ2n) is 6.13. The standard InChI is InChI=1S/C17H22F3N3O3/c1-3-26-16(25)23-9-7-22(8-10-23)12(2)15(24)21-14-6-4-5-13(11-14)17(18,19)20/h4-6,11-12H,3,7-10H2,1-2H3,(H,21,24)/p+1/t12-/m1/s1. The molecule has 0 bridgehead atoms. The maximum Gasteiger partial charge on any atom is 0.416 e. The number of rotatable bonds is 4. The van der Waals surface area contributed by atoms with E-state index in [4.69, 9.17) is 4.74 Å². The first kappa shape index (κ1) is 20.0. The molecule has 0 saturated carbocycles. The number of carbonyl (C=O) groups is 2. The lowest BCUT2D eigenvalue weighted by Gasteiger charge is -2.34. The van der Waals surface area contributed by atoms with Crippen LogP contribution in [0.2, 0.25) is 0 Å². The molecule has 26 heavy (non-hydrogen) atoms. The highest BCUT2D eigenvalue weighted by Gasteiger charge is 2.33. The summed E-state index contributed by atoms with van der Waals surface area (Å²) in [6.45, 7) is 5.83.